The predicted molar refractivity (Wildman–Crippen MR) is 76.3 cm³/mol. The van der Waals surface area contributed by atoms with Crippen LogP contribution in [0.2, 0.25) is 0 Å². The van der Waals surface area contributed by atoms with Crippen molar-refractivity contribution in [1.82, 2.24) is 0 Å². The van der Waals surface area contributed by atoms with Crippen LogP contribution in [0.3, 0.4) is 0 Å². The summed E-state index contributed by atoms with van der Waals surface area (Å²) in [5.74, 6) is -0.348. The average Bonchev–Trinajstić information content (AvgIpc) is 2.41. The van der Waals surface area contributed by atoms with E-state index in [1.54, 1.807) is 13.8 Å². The van der Waals surface area contributed by atoms with Crippen molar-refractivity contribution in [3.05, 3.63) is 0 Å². The molecular weight excluding hydrogens is 342 g/mol. The summed E-state index contributed by atoms with van der Waals surface area (Å²) in [4.78, 5) is 0. The highest BCUT2D eigenvalue weighted by molar-refractivity contribution is 8.14. The summed E-state index contributed by atoms with van der Waals surface area (Å²) in [6.07, 6.45) is -5.64. The molecule has 1 fully saturated rings. The van der Waals surface area contributed by atoms with Gasteiger partial charge in [0.15, 0.2) is 0 Å². The van der Waals surface area contributed by atoms with Gasteiger partial charge in [-0.05, 0) is 0 Å². The maximum atomic E-state index is 10.5. The fourth-order valence-electron chi connectivity index (χ4n) is 1.63. The van der Waals surface area contributed by atoms with Crippen molar-refractivity contribution >= 4 is 27.2 Å². The number of thioether (sulfide) groups is 1. The van der Waals surface area contributed by atoms with Crippen molar-refractivity contribution in [3.63, 3.8) is 0 Å². The molecule has 1 aliphatic heterocycles. The van der Waals surface area contributed by atoms with Gasteiger partial charge < -0.3 is 25.2 Å². The third kappa shape index (κ3) is 5.31. The third-order valence-electron chi connectivity index (χ3n) is 2.80. The fraction of sp³-hybridized carbons (Fsp3) is 0.900. The van der Waals surface area contributed by atoms with Gasteiger partial charge in [0.05, 0.1) is 6.61 Å². The van der Waals surface area contributed by atoms with E-state index in [1.807, 2.05) is 0 Å². The lowest BCUT2D eigenvalue weighted by Gasteiger charge is -2.39. The van der Waals surface area contributed by atoms with E-state index < -0.39 is 46.9 Å². The molecule has 0 aromatic carbocycles. The van der Waals surface area contributed by atoms with Crippen molar-refractivity contribution in [1.29, 1.82) is 0 Å². The van der Waals surface area contributed by atoms with Gasteiger partial charge in [0.2, 0.25) is 0 Å². The number of hydrogen-bond donors (Lipinski definition) is 5. The molecule has 1 saturated heterocycles. The Labute approximate surface area is 131 Å². The number of nitrogens with zero attached hydrogens (tertiary/aromatic N) is 1. The molecule has 5 N–H and O–H groups in total. The minimum Gasteiger partial charge on any atom is -0.394 e. The molecule has 0 spiro atoms. The van der Waals surface area contributed by atoms with Crippen LogP contribution in [0.15, 0.2) is 5.16 Å². The molecule has 1 heterocycles. The zero-order valence-corrected chi connectivity index (χ0v) is 13.4. The summed E-state index contributed by atoms with van der Waals surface area (Å²) in [6.45, 7) is 2.70. The second-order valence-electron chi connectivity index (χ2n) is 4.90. The Morgan fingerprint density at radius 3 is 2.32 bits per heavy atom. The molecule has 0 amide bonds. The minimum absolute atomic E-state index is 0.0574. The molecular formula is C10H19NO9S2. The van der Waals surface area contributed by atoms with Crippen LogP contribution < -0.4 is 0 Å². The first-order chi connectivity index (χ1) is 10.1. The molecule has 1 rings (SSSR count). The highest BCUT2D eigenvalue weighted by atomic mass is 32.3. The summed E-state index contributed by atoms with van der Waals surface area (Å²) in [5, 5.41) is 41.6. The van der Waals surface area contributed by atoms with Crippen LogP contribution in [0.25, 0.3) is 0 Å². The maximum absolute atomic E-state index is 10.5. The summed E-state index contributed by atoms with van der Waals surface area (Å²) in [5.41, 5.74) is -1.12. The number of hydrogen-bond acceptors (Lipinski definition) is 10. The third-order valence-corrected chi connectivity index (χ3v) is 4.47. The van der Waals surface area contributed by atoms with Gasteiger partial charge in [-0.2, -0.15) is 8.42 Å². The first-order valence-corrected chi connectivity index (χ1v) is 8.52. The van der Waals surface area contributed by atoms with Crippen molar-refractivity contribution in [2.45, 2.75) is 43.7 Å². The molecule has 0 aromatic rings. The van der Waals surface area contributed by atoms with Crippen LogP contribution >= 0.6 is 11.8 Å². The lowest BCUT2D eigenvalue weighted by atomic mass is 10.0. The Morgan fingerprint density at radius 1 is 1.27 bits per heavy atom. The van der Waals surface area contributed by atoms with Crippen LogP contribution in [-0.4, -0.2) is 74.9 Å². The first-order valence-electron chi connectivity index (χ1n) is 6.28. The van der Waals surface area contributed by atoms with Gasteiger partial charge in [-0.3, -0.25) is 4.55 Å². The normalized spacial score (nSPS) is 34.0. The van der Waals surface area contributed by atoms with E-state index >= 15 is 0 Å². The molecule has 10 nitrogen and oxygen atoms in total. The fourth-order valence-corrected chi connectivity index (χ4v) is 2.94. The van der Waals surface area contributed by atoms with E-state index in [-0.39, 0.29) is 11.0 Å². The molecule has 0 unspecified atom stereocenters. The SMILES string of the molecule is CC(C)/C(=N\OS(=O)(=O)O)S[C@H]1O[C@@H](CO)[C@H](O)[C@H](O)[C@H]1O. The molecule has 12 heteroatoms. The Balaban J connectivity index is 2.88. The van der Waals surface area contributed by atoms with Crippen molar-refractivity contribution in [2.75, 3.05) is 6.61 Å². The summed E-state index contributed by atoms with van der Waals surface area (Å²) < 4.78 is 38.8. The van der Waals surface area contributed by atoms with Crippen molar-refractivity contribution in [3.8, 4) is 0 Å². The van der Waals surface area contributed by atoms with Crippen LogP contribution in [-0.2, 0) is 19.4 Å². The van der Waals surface area contributed by atoms with Crippen molar-refractivity contribution in [2.24, 2.45) is 11.1 Å². The Morgan fingerprint density at radius 2 is 1.86 bits per heavy atom. The van der Waals surface area contributed by atoms with Crippen molar-refractivity contribution < 1.29 is 42.4 Å². The zero-order valence-electron chi connectivity index (χ0n) is 11.8. The Bertz CT molecular complexity index is 493. The smallest absolute Gasteiger partial charge is 0.394 e. The van der Waals surface area contributed by atoms with Gasteiger partial charge in [-0.15, -0.1) is 0 Å². The monoisotopic (exact) mass is 361 g/mol. The molecule has 130 valence electrons. The number of ether oxygens (including phenoxy) is 1. The lowest BCUT2D eigenvalue weighted by Crippen LogP contribution is -2.57. The molecule has 0 radical (unpaired) electrons. The van der Waals surface area contributed by atoms with Gasteiger partial charge in [0.25, 0.3) is 0 Å². The molecule has 0 bridgehead atoms. The number of rotatable bonds is 5. The van der Waals surface area contributed by atoms with E-state index in [4.69, 9.17) is 14.4 Å². The Hall–Kier alpha value is -0.470. The van der Waals surface area contributed by atoms with Gasteiger partial charge in [0.1, 0.15) is 34.9 Å². The van der Waals surface area contributed by atoms with Crippen LogP contribution in [0, 0.1) is 5.92 Å². The van der Waals surface area contributed by atoms with Crippen LogP contribution in [0.5, 0.6) is 0 Å². The standard InChI is InChI=1S/C10H19NO9S2/c1-4(2)9(11-20-22(16,17)18)21-10-8(15)7(14)6(13)5(3-12)19-10/h4-8,10,12-15H,3H2,1-2H3,(H,16,17,18)/b11-9+/t5-,6-,7-,8+,10+/m0/s1. The van der Waals surface area contributed by atoms with Gasteiger partial charge >= 0.3 is 10.4 Å². The van der Waals surface area contributed by atoms with E-state index in [9.17, 15) is 23.7 Å². The molecule has 5 atom stereocenters. The molecule has 0 aromatic heterocycles. The first kappa shape index (κ1) is 19.6. The molecule has 22 heavy (non-hydrogen) atoms. The zero-order chi connectivity index (χ0) is 17.1. The summed E-state index contributed by atoms with van der Waals surface area (Å²) >= 11 is 0.742. The van der Waals surface area contributed by atoms with Crippen LogP contribution in [0.4, 0.5) is 0 Å². The van der Waals surface area contributed by atoms with E-state index in [2.05, 4.69) is 9.44 Å². The Kier molecular flexibility index (Phi) is 7.01. The average molecular weight is 361 g/mol. The van der Waals surface area contributed by atoms with Crippen LogP contribution in [0.1, 0.15) is 13.8 Å². The predicted octanol–water partition coefficient (Wildman–Crippen LogP) is -1.69. The van der Waals surface area contributed by atoms with Gasteiger partial charge in [0, 0.05) is 5.92 Å². The quantitative estimate of drug-likeness (QED) is 0.165. The second kappa shape index (κ2) is 7.88. The van der Waals surface area contributed by atoms with E-state index in [0.717, 1.165) is 11.8 Å². The van der Waals surface area contributed by atoms with E-state index in [0.29, 0.717) is 0 Å². The topological polar surface area (TPSA) is 166 Å². The molecule has 1 aliphatic rings. The molecule has 0 saturated carbocycles. The maximum Gasteiger partial charge on any atom is 0.466 e. The number of aliphatic hydroxyl groups is 4. The van der Waals surface area contributed by atoms with Gasteiger partial charge in [-0.1, -0.05) is 30.8 Å². The number of aliphatic hydroxyl groups excluding tert-OH is 4. The summed E-state index contributed by atoms with van der Waals surface area (Å²) in [6, 6.07) is 0. The highest BCUT2D eigenvalue weighted by Crippen LogP contribution is 2.31. The number of oxime groups is 1. The van der Waals surface area contributed by atoms with Gasteiger partial charge in [-0.25, -0.2) is 4.28 Å². The lowest BCUT2D eigenvalue weighted by molar-refractivity contribution is -0.205. The molecule has 0 aliphatic carbocycles. The largest absolute Gasteiger partial charge is 0.466 e. The highest BCUT2D eigenvalue weighted by Gasteiger charge is 2.44. The minimum atomic E-state index is -4.78. The second-order valence-corrected chi connectivity index (χ2v) is 7.02. The summed E-state index contributed by atoms with van der Waals surface area (Å²) in [7, 11) is -4.78. The van der Waals surface area contributed by atoms with E-state index in [1.165, 1.54) is 0 Å².